The summed E-state index contributed by atoms with van der Waals surface area (Å²) in [4.78, 5) is 41.6. The minimum absolute atomic E-state index is 0.0306. The largest absolute Gasteiger partial charge is 0.375 e. The first-order valence-corrected chi connectivity index (χ1v) is 11.5. The molecule has 2 atom stereocenters. The standard InChI is InChI=1S/C23H24ClFN2O4S/c1-12-11-26(7-8-31-12)21(28)13(2)20(32)16-9-19(18(25)10-17(16)24)27-22(29)14-5-3-4-6-15(14)23(27)30/h9-10,12-13H,3-8,11H2,1-2H3. The number of anilines is 1. The van der Waals surface area contributed by atoms with Gasteiger partial charge in [0.1, 0.15) is 5.82 Å². The minimum Gasteiger partial charge on any atom is -0.375 e. The maximum absolute atomic E-state index is 14.9. The van der Waals surface area contributed by atoms with Crippen molar-refractivity contribution in [3.63, 3.8) is 0 Å². The van der Waals surface area contributed by atoms with E-state index in [0.717, 1.165) is 23.8 Å². The lowest BCUT2D eigenvalue weighted by atomic mass is 9.93. The molecule has 1 aromatic carbocycles. The molecule has 0 spiro atoms. The summed E-state index contributed by atoms with van der Waals surface area (Å²) in [5, 5.41) is 0.0306. The molecule has 0 aromatic heterocycles. The topological polar surface area (TPSA) is 66.9 Å². The third kappa shape index (κ3) is 4.00. The van der Waals surface area contributed by atoms with E-state index in [9.17, 15) is 18.8 Å². The van der Waals surface area contributed by atoms with Gasteiger partial charge in [0, 0.05) is 34.7 Å². The summed E-state index contributed by atoms with van der Waals surface area (Å²) in [5.41, 5.74) is 1.01. The fraction of sp³-hybridized carbons (Fsp3) is 0.478. The van der Waals surface area contributed by atoms with Gasteiger partial charge in [0.2, 0.25) is 5.91 Å². The van der Waals surface area contributed by atoms with E-state index in [2.05, 4.69) is 0 Å². The van der Waals surface area contributed by atoms with Crippen LogP contribution in [-0.4, -0.2) is 53.3 Å². The van der Waals surface area contributed by atoms with Crippen molar-refractivity contribution in [3.8, 4) is 0 Å². The quantitative estimate of drug-likeness (QED) is 0.374. The van der Waals surface area contributed by atoms with Crippen LogP contribution in [0.25, 0.3) is 0 Å². The molecule has 2 unspecified atom stereocenters. The van der Waals surface area contributed by atoms with Gasteiger partial charge in [0.05, 0.1) is 29.3 Å². The molecule has 3 amide bonds. The van der Waals surface area contributed by atoms with Crippen molar-refractivity contribution < 1.29 is 23.5 Å². The van der Waals surface area contributed by atoms with Crippen molar-refractivity contribution in [3.05, 3.63) is 39.7 Å². The Kier molecular flexibility index (Phi) is 6.47. The second-order valence-electron chi connectivity index (χ2n) is 8.44. The first-order chi connectivity index (χ1) is 15.2. The Labute approximate surface area is 196 Å². The molecule has 1 fully saturated rings. The van der Waals surface area contributed by atoms with Gasteiger partial charge in [-0.15, -0.1) is 0 Å². The highest BCUT2D eigenvalue weighted by Gasteiger charge is 2.41. The first kappa shape index (κ1) is 23.0. The summed E-state index contributed by atoms with van der Waals surface area (Å²) in [6, 6.07) is 2.37. The number of hydrogen-bond donors (Lipinski definition) is 0. The normalized spacial score (nSPS) is 22.3. The zero-order valence-corrected chi connectivity index (χ0v) is 19.5. The van der Waals surface area contributed by atoms with E-state index >= 15 is 0 Å². The number of thiocarbonyl (C=S) groups is 1. The zero-order chi connectivity index (χ0) is 23.2. The number of morpholine rings is 1. The average molecular weight is 479 g/mol. The number of rotatable bonds is 4. The van der Waals surface area contributed by atoms with E-state index in [0.29, 0.717) is 43.7 Å². The molecule has 32 heavy (non-hydrogen) atoms. The predicted molar refractivity (Wildman–Crippen MR) is 122 cm³/mol. The van der Waals surface area contributed by atoms with Gasteiger partial charge in [-0.3, -0.25) is 14.4 Å². The number of amides is 3. The molecule has 6 nitrogen and oxygen atoms in total. The van der Waals surface area contributed by atoms with Crippen molar-refractivity contribution in [2.24, 2.45) is 5.92 Å². The number of halogens is 2. The Hall–Kier alpha value is -2.16. The second-order valence-corrected chi connectivity index (χ2v) is 9.29. The van der Waals surface area contributed by atoms with Crippen LogP contribution in [0.4, 0.5) is 10.1 Å². The van der Waals surface area contributed by atoms with Crippen molar-refractivity contribution in [2.75, 3.05) is 24.6 Å². The van der Waals surface area contributed by atoms with Crippen LogP contribution in [0.2, 0.25) is 5.02 Å². The molecular weight excluding hydrogens is 455 g/mol. The number of hydrogen-bond acceptors (Lipinski definition) is 5. The van der Waals surface area contributed by atoms with Gasteiger partial charge in [-0.2, -0.15) is 0 Å². The lowest BCUT2D eigenvalue weighted by Gasteiger charge is -2.33. The Morgan fingerprint density at radius 1 is 1.22 bits per heavy atom. The van der Waals surface area contributed by atoms with Gasteiger partial charge in [-0.05, 0) is 51.7 Å². The van der Waals surface area contributed by atoms with Crippen LogP contribution in [-0.2, 0) is 19.1 Å². The fourth-order valence-corrected chi connectivity index (χ4v) is 5.07. The van der Waals surface area contributed by atoms with Gasteiger partial charge >= 0.3 is 0 Å². The van der Waals surface area contributed by atoms with E-state index in [-0.39, 0.29) is 33.1 Å². The molecule has 1 saturated heterocycles. The number of imide groups is 1. The molecule has 1 aromatic rings. The van der Waals surface area contributed by atoms with Crippen molar-refractivity contribution in [1.82, 2.24) is 4.90 Å². The number of benzene rings is 1. The van der Waals surface area contributed by atoms with E-state index in [1.54, 1.807) is 11.8 Å². The molecule has 0 radical (unpaired) electrons. The lowest BCUT2D eigenvalue weighted by Crippen LogP contribution is -2.47. The molecule has 2 aliphatic heterocycles. The molecule has 2 heterocycles. The molecule has 170 valence electrons. The summed E-state index contributed by atoms with van der Waals surface area (Å²) >= 11 is 11.8. The summed E-state index contributed by atoms with van der Waals surface area (Å²) in [7, 11) is 0. The number of carbonyl (C=O) groups is 3. The summed E-state index contributed by atoms with van der Waals surface area (Å²) in [5.74, 6) is -2.63. The molecule has 0 N–H and O–H groups in total. The summed E-state index contributed by atoms with van der Waals surface area (Å²) < 4.78 is 20.4. The smallest absolute Gasteiger partial charge is 0.261 e. The number of ether oxygens (including phenoxy) is 1. The maximum atomic E-state index is 14.9. The van der Waals surface area contributed by atoms with Crippen LogP contribution >= 0.6 is 23.8 Å². The molecule has 1 aliphatic carbocycles. The van der Waals surface area contributed by atoms with Gasteiger partial charge in [0.25, 0.3) is 11.8 Å². The lowest BCUT2D eigenvalue weighted by molar-refractivity contribution is -0.139. The van der Waals surface area contributed by atoms with E-state index in [1.807, 2.05) is 6.92 Å². The highest BCUT2D eigenvalue weighted by atomic mass is 35.5. The van der Waals surface area contributed by atoms with Crippen molar-refractivity contribution >= 4 is 52.1 Å². The first-order valence-electron chi connectivity index (χ1n) is 10.7. The Morgan fingerprint density at radius 2 is 1.84 bits per heavy atom. The molecule has 0 bridgehead atoms. The minimum atomic E-state index is -0.788. The average Bonchev–Trinajstić information content (AvgIpc) is 3.03. The second kappa shape index (κ2) is 9.00. The van der Waals surface area contributed by atoms with Gasteiger partial charge in [-0.25, -0.2) is 9.29 Å². The molecular formula is C23H24ClFN2O4S. The third-order valence-corrected chi connectivity index (χ3v) is 7.14. The zero-order valence-electron chi connectivity index (χ0n) is 18.0. The predicted octanol–water partition coefficient (Wildman–Crippen LogP) is 3.82. The molecule has 9 heteroatoms. The Bertz CT molecular complexity index is 1030. The highest BCUT2D eigenvalue weighted by Crippen LogP contribution is 2.38. The maximum Gasteiger partial charge on any atom is 0.261 e. The monoisotopic (exact) mass is 478 g/mol. The van der Waals surface area contributed by atoms with Crippen LogP contribution in [0.3, 0.4) is 0 Å². The molecule has 4 rings (SSSR count). The Morgan fingerprint density at radius 3 is 2.44 bits per heavy atom. The van der Waals surface area contributed by atoms with Crippen LogP contribution in [0.15, 0.2) is 23.3 Å². The van der Waals surface area contributed by atoms with Crippen LogP contribution in [0.5, 0.6) is 0 Å². The van der Waals surface area contributed by atoms with Crippen molar-refractivity contribution in [2.45, 2.75) is 45.6 Å². The number of carbonyl (C=O) groups excluding carboxylic acids is 3. The fourth-order valence-electron chi connectivity index (χ4n) is 4.49. The third-order valence-electron chi connectivity index (χ3n) is 6.25. The van der Waals surface area contributed by atoms with E-state index in [4.69, 9.17) is 28.6 Å². The van der Waals surface area contributed by atoms with Gasteiger partial charge in [-0.1, -0.05) is 23.8 Å². The molecule has 3 aliphatic rings. The van der Waals surface area contributed by atoms with Gasteiger partial charge in [0.15, 0.2) is 0 Å². The highest BCUT2D eigenvalue weighted by molar-refractivity contribution is 7.81. The van der Waals surface area contributed by atoms with Crippen LogP contribution in [0, 0.1) is 11.7 Å². The summed E-state index contributed by atoms with van der Waals surface area (Å²) in [6.45, 7) is 4.94. The Balaban J connectivity index is 1.63. The van der Waals surface area contributed by atoms with Gasteiger partial charge < -0.3 is 9.64 Å². The SMILES string of the molecule is CC1CN(C(=O)C(C)C(=S)c2cc(N3C(=O)C4=C(CCCC4)C3=O)c(F)cc2Cl)CCO1. The van der Waals surface area contributed by atoms with Crippen LogP contribution < -0.4 is 4.90 Å². The van der Waals surface area contributed by atoms with E-state index < -0.39 is 23.5 Å². The van der Waals surface area contributed by atoms with Crippen LogP contribution in [0.1, 0.15) is 45.1 Å². The number of nitrogens with zero attached hydrogens (tertiary/aromatic N) is 2. The molecule has 0 saturated carbocycles. The van der Waals surface area contributed by atoms with E-state index in [1.165, 1.54) is 6.07 Å². The summed E-state index contributed by atoms with van der Waals surface area (Å²) in [6.07, 6.45) is 2.61. The van der Waals surface area contributed by atoms with Crippen molar-refractivity contribution in [1.29, 1.82) is 0 Å².